The zero-order chi connectivity index (χ0) is 19.2. The maximum Gasteiger partial charge on any atom is 0.313 e. The van der Waals surface area contributed by atoms with E-state index in [-0.39, 0.29) is 6.10 Å². The monoisotopic (exact) mass is 366 g/mol. The van der Waals surface area contributed by atoms with Crippen LogP contribution in [0.5, 0.6) is 0 Å². The lowest BCUT2D eigenvalue weighted by molar-refractivity contribution is -0.161. The molecule has 1 unspecified atom stereocenters. The molecule has 1 fully saturated rings. The van der Waals surface area contributed by atoms with Crippen LogP contribution >= 0.6 is 0 Å². The summed E-state index contributed by atoms with van der Waals surface area (Å²) in [7, 11) is 0. The van der Waals surface area contributed by atoms with Gasteiger partial charge in [0.25, 0.3) is 0 Å². The second-order valence-electron chi connectivity index (χ2n) is 7.64. The average molecular weight is 366 g/mol. The average Bonchev–Trinajstić information content (AvgIpc) is 2.97. The van der Waals surface area contributed by atoms with E-state index in [9.17, 15) is 9.59 Å². The van der Waals surface area contributed by atoms with Crippen molar-refractivity contribution in [2.24, 2.45) is 0 Å². The standard InChI is InChI=1S/C21H22N2O4/c1-13-11-23(12-21(2,3)27-13)20(25)19(24)22-14-8-9-16-15-6-4-5-7-17(15)26-18(16)10-14/h4-10,13H,11-12H2,1-3H3,(H,22,24). The molecule has 1 aromatic heterocycles. The zero-order valence-electron chi connectivity index (χ0n) is 15.6. The third kappa shape index (κ3) is 3.40. The maximum absolute atomic E-state index is 12.6. The highest BCUT2D eigenvalue weighted by molar-refractivity contribution is 6.39. The second kappa shape index (κ2) is 6.39. The van der Waals surface area contributed by atoms with Crippen LogP contribution < -0.4 is 5.32 Å². The predicted molar refractivity (Wildman–Crippen MR) is 104 cm³/mol. The summed E-state index contributed by atoms with van der Waals surface area (Å²) in [4.78, 5) is 26.6. The highest BCUT2D eigenvalue weighted by Gasteiger charge is 2.35. The van der Waals surface area contributed by atoms with Crippen LogP contribution in [-0.4, -0.2) is 41.5 Å². The Morgan fingerprint density at radius 1 is 1.11 bits per heavy atom. The number of morpholine rings is 1. The Morgan fingerprint density at radius 3 is 2.63 bits per heavy atom. The van der Waals surface area contributed by atoms with E-state index in [0.717, 1.165) is 16.4 Å². The largest absolute Gasteiger partial charge is 0.456 e. The van der Waals surface area contributed by atoms with E-state index in [2.05, 4.69) is 5.32 Å². The Bertz CT molecular complexity index is 1040. The SMILES string of the molecule is CC1CN(C(=O)C(=O)Nc2ccc3c(c2)oc2ccccc23)CC(C)(C)O1. The van der Waals surface area contributed by atoms with E-state index >= 15 is 0 Å². The number of nitrogens with zero attached hydrogens (tertiary/aromatic N) is 1. The van der Waals surface area contributed by atoms with Crippen LogP contribution in [0.4, 0.5) is 5.69 Å². The summed E-state index contributed by atoms with van der Waals surface area (Å²) in [5, 5.41) is 4.68. The molecule has 2 aromatic carbocycles. The van der Waals surface area contributed by atoms with Gasteiger partial charge in [-0.05, 0) is 39.0 Å². The number of furan rings is 1. The molecule has 1 atom stereocenters. The minimum absolute atomic E-state index is 0.114. The molecule has 0 bridgehead atoms. The van der Waals surface area contributed by atoms with Gasteiger partial charge in [-0.3, -0.25) is 9.59 Å². The third-order valence-electron chi connectivity index (χ3n) is 4.69. The minimum Gasteiger partial charge on any atom is -0.456 e. The summed E-state index contributed by atoms with van der Waals surface area (Å²) < 4.78 is 11.6. The fourth-order valence-electron chi connectivity index (χ4n) is 3.74. The fourth-order valence-corrected chi connectivity index (χ4v) is 3.74. The Kier molecular flexibility index (Phi) is 4.15. The van der Waals surface area contributed by atoms with E-state index in [1.165, 1.54) is 0 Å². The highest BCUT2D eigenvalue weighted by atomic mass is 16.5. The number of carbonyl (C=O) groups excluding carboxylic acids is 2. The number of fused-ring (bicyclic) bond motifs is 3. The van der Waals surface area contributed by atoms with E-state index in [4.69, 9.17) is 9.15 Å². The Hall–Kier alpha value is -2.86. The van der Waals surface area contributed by atoms with Gasteiger partial charge in [0, 0.05) is 35.6 Å². The molecule has 2 heterocycles. The Labute approximate surface area is 157 Å². The van der Waals surface area contributed by atoms with Crippen molar-refractivity contribution in [1.29, 1.82) is 0 Å². The second-order valence-corrected chi connectivity index (χ2v) is 7.64. The minimum atomic E-state index is -0.657. The number of hydrogen-bond donors (Lipinski definition) is 1. The van der Waals surface area contributed by atoms with Gasteiger partial charge in [-0.15, -0.1) is 0 Å². The summed E-state index contributed by atoms with van der Waals surface area (Å²) in [6.45, 7) is 6.51. The van der Waals surface area contributed by atoms with E-state index in [1.54, 1.807) is 17.0 Å². The first-order valence-electron chi connectivity index (χ1n) is 9.02. The number of hydrogen-bond acceptors (Lipinski definition) is 4. The van der Waals surface area contributed by atoms with Crippen LogP contribution in [0.15, 0.2) is 46.9 Å². The Morgan fingerprint density at radius 2 is 1.85 bits per heavy atom. The number of para-hydroxylation sites is 1. The van der Waals surface area contributed by atoms with Crippen molar-refractivity contribution in [1.82, 2.24) is 4.90 Å². The van der Waals surface area contributed by atoms with Gasteiger partial charge in [-0.25, -0.2) is 0 Å². The molecule has 0 spiro atoms. The number of amides is 2. The summed E-state index contributed by atoms with van der Waals surface area (Å²) in [6, 6.07) is 13.2. The molecule has 4 rings (SSSR count). The van der Waals surface area contributed by atoms with Gasteiger partial charge >= 0.3 is 11.8 Å². The Balaban J connectivity index is 1.53. The van der Waals surface area contributed by atoms with Crippen molar-refractivity contribution >= 4 is 39.4 Å². The van der Waals surface area contributed by atoms with E-state index < -0.39 is 17.4 Å². The first kappa shape index (κ1) is 17.5. The quantitative estimate of drug-likeness (QED) is 0.669. The molecule has 0 aliphatic carbocycles. The number of anilines is 1. The molecule has 6 heteroatoms. The molecule has 6 nitrogen and oxygen atoms in total. The van der Waals surface area contributed by atoms with Crippen molar-refractivity contribution in [2.45, 2.75) is 32.5 Å². The molecule has 2 amide bonds. The van der Waals surface area contributed by atoms with Crippen LogP contribution in [0.1, 0.15) is 20.8 Å². The summed E-state index contributed by atoms with van der Waals surface area (Å²) >= 11 is 0. The highest BCUT2D eigenvalue weighted by Crippen LogP contribution is 2.30. The molecule has 140 valence electrons. The van der Waals surface area contributed by atoms with Crippen molar-refractivity contribution in [3.63, 3.8) is 0 Å². The normalized spacial score (nSPS) is 19.4. The first-order valence-corrected chi connectivity index (χ1v) is 9.02. The predicted octanol–water partition coefficient (Wildman–Crippen LogP) is 3.55. The number of ether oxygens (including phenoxy) is 1. The summed E-state index contributed by atoms with van der Waals surface area (Å²) in [5.74, 6) is -1.21. The van der Waals surface area contributed by atoms with E-state index in [1.807, 2.05) is 51.1 Å². The van der Waals surface area contributed by atoms with Crippen LogP contribution in [0, 0.1) is 0 Å². The van der Waals surface area contributed by atoms with Crippen LogP contribution in [0.25, 0.3) is 21.9 Å². The summed E-state index contributed by atoms with van der Waals surface area (Å²) in [5.41, 5.74) is 1.51. The lowest BCUT2D eigenvalue weighted by atomic mass is 10.1. The molecule has 1 N–H and O–H groups in total. The van der Waals surface area contributed by atoms with Crippen LogP contribution in [-0.2, 0) is 14.3 Å². The van der Waals surface area contributed by atoms with Crippen LogP contribution in [0.2, 0.25) is 0 Å². The van der Waals surface area contributed by atoms with Gasteiger partial charge in [0.2, 0.25) is 0 Å². The molecule has 3 aromatic rings. The smallest absolute Gasteiger partial charge is 0.313 e. The molecule has 0 saturated carbocycles. The van der Waals surface area contributed by atoms with Crippen molar-refractivity contribution < 1.29 is 18.7 Å². The van der Waals surface area contributed by atoms with Gasteiger partial charge in [-0.1, -0.05) is 18.2 Å². The molecule has 1 aliphatic rings. The lowest BCUT2D eigenvalue weighted by Gasteiger charge is -2.41. The molecule has 1 aliphatic heterocycles. The number of rotatable bonds is 1. The van der Waals surface area contributed by atoms with E-state index in [0.29, 0.717) is 24.4 Å². The summed E-state index contributed by atoms with van der Waals surface area (Å²) in [6.07, 6.45) is -0.114. The fraction of sp³-hybridized carbons (Fsp3) is 0.333. The van der Waals surface area contributed by atoms with Gasteiger partial charge < -0.3 is 19.4 Å². The van der Waals surface area contributed by atoms with Crippen molar-refractivity contribution in [3.05, 3.63) is 42.5 Å². The van der Waals surface area contributed by atoms with Crippen LogP contribution in [0.3, 0.4) is 0 Å². The molecule has 0 radical (unpaired) electrons. The van der Waals surface area contributed by atoms with Crippen molar-refractivity contribution in [3.8, 4) is 0 Å². The van der Waals surface area contributed by atoms with Crippen molar-refractivity contribution in [2.75, 3.05) is 18.4 Å². The number of carbonyl (C=O) groups is 2. The molecular formula is C21H22N2O4. The topological polar surface area (TPSA) is 71.8 Å². The zero-order valence-corrected chi connectivity index (χ0v) is 15.6. The number of nitrogens with one attached hydrogen (secondary N) is 1. The van der Waals surface area contributed by atoms with Gasteiger partial charge in [0.15, 0.2) is 0 Å². The third-order valence-corrected chi connectivity index (χ3v) is 4.69. The van der Waals surface area contributed by atoms with Gasteiger partial charge in [-0.2, -0.15) is 0 Å². The van der Waals surface area contributed by atoms with Gasteiger partial charge in [0.05, 0.1) is 11.7 Å². The maximum atomic E-state index is 12.6. The van der Waals surface area contributed by atoms with Gasteiger partial charge in [0.1, 0.15) is 11.2 Å². The number of benzene rings is 2. The first-order chi connectivity index (χ1) is 12.8. The molecular weight excluding hydrogens is 344 g/mol. The molecule has 1 saturated heterocycles. The lowest BCUT2D eigenvalue weighted by Crippen LogP contribution is -2.56. The molecule has 27 heavy (non-hydrogen) atoms.